The molecule has 1 heterocycles. The Morgan fingerprint density at radius 2 is 1.95 bits per heavy atom. The third-order valence-electron chi connectivity index (χ3n) is 2.96. The first-order valence-corrected chi connectivity index (χ1v) is 5.78. The summed E-state index contributed by atoms with van der Waals surface area (Å²) < 4.78 is 27.8. The number of nitrogens with zero attached hydrogens (tertiary/aromatic N) is 1. The second-order valence-electron chi connectivity index (χ2n) is 4.32. The minimum absolute atomic E-state index is 0.0160. The summed E-state index contributed by atoms with van der Waals surface area (Å²) in [6, 6.07) is 5.56. The summed E-state index contributed by atoms with van der Waals surface area (Å²) in [5.74, 6) is -2.64. The third kappa shape index (κ3) is 2.59. The van der Waals surface area contributed by atoms with Crippen molar-refractivity contribution >= 4 is 5.97 Å². The van der Waals surface area contributed by atoms with Gasteiger partial charge in [-0.3, -0.25) is 4.79 Å². The molecule has 1 aromatic carbocycles. The molecule has 0 saturated carbocycles. The highest BCUT2D eigenvalue weighted by atomic mass is 19.1. The molecule has 0 fully saturated rings. The zero-order chi connectivity index (χ0) is 14.9. The molecule has 0 amide bonds. The van der Waals surface area contributed by atoms with Gasteiger partial charge in [0.1, 0.15) is 17.2 Å². The van der Waals surface area contributed by atoms with Crippen molar-refractivity contribution in [1.82, 2.24) is 4.57 Å². The Bertz CT molecular complexity index is 738. The van der Waals surface area contributed by atoms with Crippen LogP contribution in [0.25, 0.3) is 0 Å². The van der Waals surface area contributed by atoms with Gasteiger partial charge in [-0.2, -0.15) is 0 Å². The monoisotopic (exact) mass is 279 g/mol. The second kappa shape index (κ2) is 5.24. The highest BCUT2D eigenvalue weighted by Crippen LogP contribution is 2.12. The van der Waals surface area contributed by atoms with Crippen molar-refractivity contribution in [2.45, 2.75) is 13.5 Å². The molecule has 0 unspecified atom stereocenters. The van der Waals surface area contributed by atoms with Crippen LogP contribution in [0.3, 0.4) is 0 Å². The fraction of sp³-hybridized carbons (Fsp3) is 0.143. The van der Waals surface area contributed by atoms with Crippen molar-refractivity contribution in [3.63, 3.8) is 0 Å². The van der Waals surface area contributed by atoms with Crippen LogP contribution in [0.2, 0.25) is 0 Å². The van der Waals surface area contributed by atoms with Crippen LogP contribution >= 0.6 is 0 Å². The SMILES string of the molecule is Cc1ccc(C(=O)O)c(=O)n1Cc1cc(F)ccc1F. The van der Waals surface area contributed by atoms with E-state index in [-0.39, 0.29) is 12.1 Å². The molecule has 0 spiro atoms. The molecule has 104 valence electrons. The number of carbonyl (C=O) groups is 1. The van der Waals surface area contributed by atoms with Gasteiger partial charge in [0, 0.05) is 11.3 Å². The zero-order valence-corrected chi connectivity index (χ0v) is 10.6. The summed E-state index contributed by atoms with van der Waals surface area (Å²) in [7, 11) is 0. The van der Waals surface area contributed by atoms with E-state index in [1.54, 1.807) is 6.92 Å². The lowest BCUT2D eigenvalue weighted by atomic mass is 10.1. The smallest absolute Gasteiger partial charge is 0.341 e. The number of aryl methyl sites for hydroxylation is 1. The van der Waals surface area contributed by atoms with Crippen LogP contribution in [0.4, 0.5) is 8.78 Å². The standard InChI is InChI=1S/C14H11F2NO3/c1-8-2-4-11(14(19)20)13(18)17(8)7-9-6-10(15)3-5-12(9)16/h2-6H,7H2,1H3,(H,19,20). The molecule has 4 nitrogen and oxygen atoms in total. The summed E-state index contributed by atoms with van der Waals surface area (Å²) in [4.78, 5) is 22.9. The number of aromatic carboxylic acids is 1. The van der Waals surface area contributed by atoms with Crippen LogP contribution < -0.4 is 5.56 Å². The maximum atomic E-state index is 13.6. The Hall–Kier alpha value is -2.50. The van der Waals surface area contributed by atoms with Crippen LogP contribution in [0.15, 0.2) is 35.1 Å². The average molecular weight is 279 g/mol. The molecular formula is C14H11F2NO3. The van der Waals surface area contributed by atoms with E-state index < -0.39 is 28.7 Å². The van der Waals surface area contributed by atoms with Gasteiger partial charge in [-0.05, 0) is 37.3 Å². The van der Waals surface area contributed by atoms with Gasteiger partial charge in [0.05, 0.1) is 6.54 Å². The van der Waals surface area contributed by atoms with Crippen molar-refractivity contribution in [3.05, 3.63) is 69.1 Å². The molecule has 0 bridgehead atoms. The summed E-state index contributed by atoms with van der Waals surface area (Å²) in [5.41, 5.74) is -0.713. The summed E-state index contributed by atoms with van der Waals surface area (Å²) >= 11 is 0. The van der Waals surface area contributed by atoms with Gasteiger partial charge < -0.3 is 9.67 Å². The zero-order valence-electron chi connectivity index (χ0n) is 10.6. The molecular weight excluding hydrogens is 268 g/mol. The topological polar surface area (TPSA) is 59.3 Å². The average Bonchev–Trinajstić information content (AvgIpc) is 2.38. The minimum Gasteiger partial charge on any atom is -0.477 e. The van der Waals surface area contributed by atoms with Gasteiger partial charge >= 0.3 is 5.97 Å². The summed E-state index contributed by atoms with van der Waals surface area (Å²) in [6.45, 7) is 1.36. The van der Waals surface area contributed by atoms with E-state index in [9.17, 15) is 18.4 Å². The van der Waals surface area contributed by atoms with Gasteiger partial charge in [0.2, 0.25) is 0 Å². The molecule has 0 radical (unpaired) electrons. The molecule has 2 rings (SSSR count). The number of hydrogen-bond acceptors (Lipinski definition) is 2. The number of benzene rings is 1. The maximum Gasteiger partial charge on any atom is 0.341 e. The van der Waals surface area contributed by atoms with Crippen LogP contribution in [0, 0.1) is 18.6 Å². The molecule has 2 aromatic rings. The quantitative estimate of drug-likeness (QED) is 0.936. The Labute approximate surface area is 112 Å². The number of carboxylic acid groups (broad SMARTS) is 1. The number of pyridine rings is 1. The van der Waals surface area contributed by atoms with Gasteiger partial charge in [-0.15, -0.1) is 0 Å². The molecule has 0 saturated heterocycles. The van der Waals surface area contributed by atoms with E-state index in [2.05, 4.69) is 0 Å². The number of hydrogen-bond donors (Lipinski definition) is 1. The summed E-state index contributed by atoms with van der Waals surface area (Å²) in [6.07, 6.45) is 0. The molecule has 1 N–H and O–H groups in total. The fourth-order valence-corrected chi connectivity index (χ4v) is 1.86. The normalized spacial score (nSPS) is 10.6. The van der Waals surface area contributed by atoms with E-state index in [1.807, 2.05) is 0 Å². The van der Waals surface area contributed by atoms with E-state index in [0.29, 0.717) is 5.69 Å². The first-order chi connectivity index (χ1) is 9.40. The van der Waals surface area contributed by atoms with Gasteiger partial charge in [0.15, 0.2) is 0 Å². The molecule has 0 aliphatic carbocycles. The molecule has 0 atom stereocenters. The molecule has 6 heteroatoms. The summed E-state index contributed by atoms with van der Waals surface area (Å²) in [5, 5.41) is 8.90. The van der Waals surface area contributed by atoms with Crippen molar-refractivity contribution < 1.29 is 18.7 Å². The highest BCUT2D eigenvalue weighted by molar-refractivity contribution is 5.87. The fourth-order valence-electron chi connectivity index (χ4n) is 1.86. The molecule has 0 aliphatic rings. The van der Waals surface area contributed by atoms with Gasteiger partial charge in [-0.1, -0.05) is 0 Å². The van der Waals surface area contributed by atoms with Gasteiger partial charge in [-0.25, -0.2) is 13.6 Å². The lowest BCUT2D eigenvalue weighted by Crippen LogP contribution is -2.28. The van der Waals surface area contributed by atoms with Crippen molar-refractivity contribution in [1.29, 1.82) is 0 Å². The van der Waals surface area contributed by atoms with E-state index >= 15 is 0 Å². The van der Waals surface area contributed by atoms with Crippen LogP contribution in [-0.4, -0.2) is 15.6 Å². The lowest BCUT2D eigenvalue weighted by Gasteiger charge is -2.11. The number of aromatic nitrogens is 1. The van der Waals surface area contributed by atoms with E-state index in [0.717, 1.165) is 22.8 Å². The van der Waals surface area contributed by atoms with Crippen molar-refractivity contribution in [2.75, 3.05) is 0 Å². The van der Waals surface area contributed by atoms with Crippen LogP contribution in [-0.2, 0) is 6.54 Å². The first kappa shape index (κ1) is 13.9. The second-order valence-corrected chi connectivity index (χ2v) is 4.32. The molecule has 1 aromatic heterocycles. The van der Waals surface area contributed by atoms with Crippen LogP contribution in [0.5, 0.6) is 0 Å². The third-order valence-corrected chi connectivity index (χ3v) is 2.96. The minimum atomic E-state index is -1.36. The maximum absolute atomic E-state index is 13.6. The first-order valence-electron chi connectivity index (χ1n) is 5.78. The van der Waals surface area contributed by atoms with Crippen LogP contribution in [0.1, 0.15) is 21.6 Å². The van der Waals surface area contributed by atoms with E-state index in [4.69, 9.17) is 5.11 Å². The largest absolute Gasteiger partial charge is 0.477 e. The predicted octanol–water partition coefficient (Wildman–Crippen LogP) is 2.18. The Balaban J connectivity index is 2.53. The molecule has 20 heavy (non-hydrogen) atoms. The van der Waals surface area contributed by atoms with Gasteiger partial charge in [0.25, 0.3) is 5.56 Å². The highest BCUT2D eigenvalue weighted by Gasteiger charge is 2.14. The Morgan fingerprint density at radius 3 is 2.60 bits per heavy atom. The van der Waals surface area contributed by atoms with E-state index in [1.165, 1.54) is 12.1 Å². The lowest BCUT2D eigenvalue weighted by molar-refractivity contribution is 0.0694. The number of halogens is 2. The van der Waals surface area contributed by atoms with Crippen molar-refractivity contribution in [2.24, 2.45) is 0 Å². The number of carboxylic acids is 1. The number of rotatable bonds is 3. The Kier molecular flexibility index (Phi) is 3.65. The van der Waals surface area contributed by atoms with Crippen molar-refractivity contribution in [3.8, 4) is 0 Å². The molecule has 0 aliphatic heterocycles. The Morgan fingerprint density at radius 1 is 1.25 bits per heavy atom. The predicted molar refractivity (Wildman–Crippen MR) is 67.9 cm³/mol.